The third-order valence-electron chi connectivity index (χ3n) is 1.88. The highest BCUT2D eigenvalue weighted by molar-refractivity contribution is 5.03. The first-order chi connectivity index (χ1) is 5.38. The number of nitrogens with zero attached hydrogens (tertiary/aromatic N) is 1. The van der Waals surface area contributed by atoms with Crippen LogP contribution in [0.1, 0.15) is 31.4 Å². The molecule has 0 aliphatic carbocycles. The van der Waals surface area contributed by atoms with Crippen molar-refractivity contribution in [3.8, 4) is 0 Å². The molecule has 62 valence electrons. The number of aromatic amines is 1. The number of nitrogens with one attached hydrogen (secondary N) is 1. The molecule has 0 amide bonds. The number of aromatic nitrogens is 2. The van der Waals surface area contributed by atoms with Crippen LogP contribution in [0.5, 0.6) is 0 Å². The van der Waals surface area contributed by atoms with Crippen molar-refractivity contribution in [1.29, 1.82) is 0 Å². The smallest absolute Gasteiger partial charge is 0.0921 e. The summed E-state index contributed by atoms with van der Waals surface area (Å²) in [5, 5.41) is 0. The zero-order valence-electron chi connectivity index (χ0n) is 6.88. The van der Waals surface area contributed by atoms with Crippen LogP contribution in [-0.4, -0.2) is 16.5 Å². The molecule has 1 atom stereocenters. The summed E-state index contributed by atoms with van der Waals surface area (Å²) >= 11 is 0. The lowest BCUT2D eigenvalue weighted by Gasteiger charge is -2.09. The van der Waals surface area contributed by atoms with E-state index in [9.17, 15) is 0 Å². The average Bonchev–Trinajstić information content (AvgIpc) is 2.52. The summed E-state index contributed by atoms with van der Waals surface area (Å²) < 4.78 is 0. The lowest BCUT2D eigenvalue weighted by atomic mass is 10.0. The van der Waals surface area contributed by atoms with Crippen LogP contribution in [-0.2, 0) is 0 Å². The predicted octanol–water partition coefficient (Wildman–Crippen LogP) is 1.25. The Hall–Kier alpha value is -0.830. The molecule has 0 saturated heterocycles. The highest BCUT2D eigenvalue weighted by Crippen LogP contribution is 2.16. The summed E-state index contributed by atoms with van der Waals surface area (Å²) in [5.41, 5.74) is 6.76. The van der Waals surface area contributed by atoms with Crippen LogP contribution in [0.4, 0.5) is 0 Å². The molecule has 0 aromatic carbocycles. The maximum absolute atomic E-state index is 5.60. The van der Waals surface area contributed by atoms with Gasteiger partial charge in [-0.15, -0.1) is 0 Å². The number of rotatable bonds is 4. The van der Waals surface area contributed by atoms with Gasteiger partial charge >= 0.3 is 0 Å². The van der Waals surface area contributed by atoms with E-state index in [1.807, 2.05) is 6.20 Å². The van der Waals surface area contributed by atoms with Crippen LogP contribution in [0.15, 0.2) is 12.5 Å². The minimum atomic E-state index is 0.461. The van der Waals surface area contributed by atoms with Crippen molar-refractivity contribution in [2.45, 2.75) is 25.7 Å². The van der Waals surface area contributed by atoms with Gasteiger partial charge in [-0.1, -0.05) is 13.3 Å². The van der Waals surface area contributed by atoms with Crippen molar-refractivity contribution in [2.75, 3.05) is 6.54 Å². The van der Waals surface area contributed by atoms with Crippen molar-refractivity contribution in [2.24, 2.45) is 5.73 Å². The van der Waals surface area contributed by atoms with Gasteiger partial charge in [-0.05, 0) is 6.42 Å². The first-order valence-corrected chi connectivity index (χ1v) is 4.06. The molecule has 0 bridgehead atoms. The monoisotopic (exact) mass is 153 g/mol. The van der Waals surface area contributed by atoms with Crippen molar-refractivity contribution in [3.05, 3.63) is 18.2 Å². The standard InChI is InChI=1S/C8H15N3/c1-2-3-7(4-9)8-5-10-6-11-8/h5-7H,2-4,9H2,1H3,(H,10,11). The Balaban J connectivity index is 2.56. The van der Waals surface area contributed by atoms with Gasteiger partial charge < -0.3 is 10.7 Å². The Kier molecular flexibility index (Phi) is 3.11. The largest absolute Gasteiger partial charge is 0.348 e. The molecule has 0 aliphatic heterocycles. The van der Waals surface area contributed by atoms with E-state index in [1.165, 1.54) is 6.42 Å². The number of imidazole rings is 1. The Bertz CT molecular complexity index is 181. The van der Waals surface area contributed by atoms with Gasteiger partial charge in [0.25, 0.3) is 0 Å². The normalized spacial score (nSPS) is 13.3. The third kappa shape index (κ3) is 2.05. The van der Waals surface area contributed by atoms with E-state index >= 15 is 0 Å². The maximum Gasteiger partial charge on any atom is 0.0921 e. The van der Waals surface area contributed by atoms with Crippen LogP contribution in [0.25, 0.3) is 0 Å². The van der Waals surface area contributed by atoms with E-state index in [-0.39, 0.29) is 0 Å². The van der Waals surface area contributed by atoms with E-state index in [1.54, 1.807) is 6.33 Å². The highest BCUT2D eigenvalue weighted by Gasteiger charge is 2.08. The lowest BCUT2D eigenvalue weighted by Crippen LogP contribution is -2.12. The Labute approximate surface area is 67.0 Å². The first kappa shape index (κ1) is 8.27. The van der Waals surface area contributed by atoms with E-state index in [4.69, 9.17) is 5.73 Å². The summed E-state index contributed by atoms with van der Waals surface area (Å²) in [6.45, 7) is 2.87. The molecule has 11 heavy (non-hydrogen) atoms. The summed E-state index contributed by atoms with van der Waals surface area (Å²) in [5.74, 6) is 0.461. The molecule has 3 N–H and O–H groups in total. The number of hydrogen-bond donors (Lipinski definition) is 2. The van der Waals surface area contributed by atoms with Crippen LogP contribution < -0.4 is 5.73 Å². The Morgan fingerprint density at radius 3 is 3.00 bits per heavy atom. The van der Waals surface area contributed by atoms with E-state index in [0.29, 0.717) is 12.5 Å². The third-order valence-corrected chi connectivity index (χ3v) is 1.88. The minimum Gasteiger partial charge on any atom is -0.348 e. The SMILES string of the molecule is CCCC(CN)c1cnc[nH]1. The number of nitrogens with two attached hydrogens (primary N) is 1. The van der Waals surface area contributed by atoms with Crippen molar-refractivity contribution in [1.82, 2.24) is 9.97 Å². The molecular weight excluding hydrogens is 138 g/mol. The van der Waals surface area contributed by atoms with E-state index in [0.717, 1.165) is 12.1 Å². The second-order valence-corrected chi connectivity index (χ2v) is 2.73. The van der Waals surface area contributed by atoms with E-state index in [2.05, 4.69) is 16.9 Å². The topological polar surface area (TPSA) is 54.7 Å². The van der Waals surface area contributed by atoms with Gasteiger partial charge in [-0.25, -0.2) is 4.98 Å². The summed E-state index contributed by atoms with van der Waals surface area (Å²) in [4.78, 5) is 7.04. The van der Waals surface area contributed by atoms with Gasteiger partial charge in [0.1, 0.15) is 0 Å². The molecule has 1 aromatic heterocycles. The van der Waals surface area contributed by atoms with Gasteiger partial charge in [0, 0.05) is 24.4 Å². The van der Waals surface area contributed by atoms with Crippen molar-refractivity contribution >= 4 is 0 Å². The molecule has 0 aliphatic rings. The summed E-state index contributed by atoms with van der Waals surface area (Å²) in [6, 6.07) is 0. The fraction of sp³-hybridized carbons (Fsp3) is 0.625. The maximum atomic E-state index is 5.60. The summed E-state index contributed by atoms with van der Waals surface area (Å²) in [7, 11) is 0. The zero-order chi connectivity index (χ0) is 8.10. The molecule has 1 aromatic rings. The second-order valence-electron chi connectivity index (χ2n) is 2.73. The zero-order valence-corrected chi connectivity index (χ0v) is 6.88. The van der Waals surface area contributed by atoms with Crippen molar-refractivity contribution < 1.29 is 0 Å². The molecule has 1 rings (SSSR count). The molecule has 0 saturated carbocycles. The first-order valence-electron chi connectivity index (χ1n) is 4.06. The number of H-pyrrole nitrogens is 1. The van der Waals surface area contributed by atoms with Gasteiger partial charge in [-0.3, -0.25) is 0 Å². The van der Waals surface area contributed by atoms with Gasteiger partial charge in [-0.2, -0.15) is 0 Å². The lowest BCUT2D eigenvalue weighted by molar-refractivity contribution is 0.610. The Morgan fingerprint density at radius 1 is 1.73 bits per heavy atom. The fourth-order valence-corrected chi connectivity index (χ4v) is 1.24. The van der Waals surface area contributed by atoms with Crippen LogP contribution in [0.2, 0.25) is 0 Å². The van der Waals surface area contributed by atoms with Gasteiger partial charge in [0.05, 0.1) is 6.33 Å². The molecule has 3 heteroatoms. The summed E-state index contributed by atoms with van der Waals surface area (Å²) in [6.07, 6.45) is 5.86. The molecule has 0 spiro atoms. The van der Waals surface area contributed by atoms with Gasteiger partial charge in [0.2, 0.25) is 0 Å². The molecular formula is C8H15N3. The fourth-order valence-electron chi connectivity index (χ4n) is 1.24. The quantitative estimate of drug-likeness (QED) is 0.684. The predicted molar refractivity (Wildman–Crippen MR) is 45.3 cm³/mol. The van der Waals surface area contributed by atoms with Gasteiger partial charge in [0.15, 0.2) is 0 Å². The molecule has 0 radical (unpaired) electrons. The van der Waals surface area contributed by atoms with E-state index < -0.39 is 0 Å². The van der Waals surface area contributed by atoms with Crippen LogP contribution in [0, 0.1) is 0 Å². The van der Waals surface area contributed by atoms with Crippen molar-refractivity contribution in [3.63, 3.8) is 0 Å². The number of hydrogen-bond acceptors (Lipinski definition) is 2. The molecule has 0 fully saturated rings. The van der Waals surface area contributed by atoms with Crippen LogP contribution >= 0.6 is 0 Å². The average molecular weight is 153 g/mol. The molecule has 1 unspecified atom stereocenters. The highest BCUT2D eigenvalue weighted by atomic mass is 14.9. The second kappa shape index (κ2) is 4.13. The van der Waals surface area contributed by atoms with Crippen LogP contribution in [0.3, 0.4) is 0 Å². The minimum absolute atomic E-state index is 0.461. The molecule has 1 heterocycles. The Morgan fingerprint density at radius 2 is 2.55 bits per heavy atom. The molecule has 3 nitrogen and oxygen atoms in total.